The second kappa shape index (κ2) is 6.56. The normalized spacial score (nSPS) is 12.6. The molecule has 1 aromatic carbocycles. The van der Waals surface area contributed by atoms with E-state index in [9.17, 15) is 0 Å². The van der Waals surface area contributed by atoms with Gasteiger partial charge in [-0.2, -0.15) is 5.10 Å². The highest BCUT2D eigenvalue weighted by Crippen LogP contribution is 2.28. The minimum Gasteiger partial charge on any atom is -0.271 e. The van der Waals surface area contributed by atoms with Gasteiger partial charge in [0.05, 0.1) is 22.4 Å². The van der Waals surface area contributed by atoms with Crippen molar-refractivity contribution in [1.29, 1.82) is 0 Å². The molecule has 1 heterocycles. The molecule has 102 valence electrons. The van der Waals surface area contributed by atoms with E-state index in [0.29, 0.717) is 0 Å². The molecule has 19 heavy (non-hydrogen) atoms. The van der Waals surface area contributed by atoms with E-state index < -0.39 is 0 Å². The van der Waals surface area contributed by atoms with Crippen LogP contribution in [0.4, 0.5) is 0 Å². The summed E-state index contributed by atoms with van der Waals surface area (Å²) in [5, 5.41) is 4.23. The molecule has 0 radical (unpaired) electrons. The summed E-state index contributed by atoms with van der Waals surface area (Å²) in [5.74, 6) is 6.79. The van der Waals surface area contributed by atoms with Crippen LogP contribution in [0.3, 0.4) is 0 Å². The van der Waals surface area contributed by atoms with Crippen molar-refractivity contribution < 1.29 is 0 Å². The zero-order valence-electron chi connectivity index (χ0n) is 10.9. The van der Waals surface area contributed by atoms with Crippen LogP contribution in [0.1, 0.15) is 24.2 Å². The Morgan fingerprint density at radius 3 is 2.58 bits per heavy atom. The number of nitrogens with zero attached hydrogens (tertiary/aromatic N) is 2. The molecule has 0 spiro atoms. The SMILES string of the molecule is CCSc1ccc(C(NN)c2c(Br)cnn2C)cc1. The van der Waals surface area contributed by atoms with E-state index in [1.165, 1.54) is 4.90 Å². The first-order valence-corrected chi connectivity index (χ1v) is 7.81. The molecule has 0 bridgehead atoms. The summed E-state index contributed by atoms with van der Waals surface area (Å²) in [6.45, 7) is 2.15. The van der Waals surface area contributed by atoms with Crippen molar-refractivity contribution in [3.05, 3.63) is 46.2 Å². The molecule has 0 fully saturated rings. The van der Waals surface area contributed by atoms with Crippen molar-refractivity contribution in [3.8, 4) is 0 Å². The van der Waals surface area contributed by atoms with Gasteiger partial charge in [-0.3, -0.25) is 10.5 Å². The Hall–Kier alpha value is -0.820. The van der Waals surface area contributed by atoms with E-state index in [-0.39, 0.29) is 6.04 Å². The molecule has 0 saturated carbocycles. The molecule has 1 unspecified atom stereocenters. The topological polar surface area (TPSA) is 55.9 Å². The van der Waals surface area contributed by atoms with Gasteiger partial charge in [0.25, 0.3) is 0 Å². The van der Waals surface area contributed by atoms with Gasteiger partial charge in [-0.25, -0.2) is 5.43 Å². The van der Waals surface area contributed by atoms with Crippen molar-refractivity contribution in [2.45, 2.75) is 17.9 Å². The first-order valence-electron chi connectivity index (χ1n) is 6.03. The highest BCUT2D eigenvalue weighted by atomic mass is 79.9. The first-order chi connectivity index (χ1) is 9.17. The Morgan fingerprint density at radius 2 is 2.11 bits per heavy atom. The van der Waals surface area contributed by atoms with E-state index in [4.69, 9.17) is 5.84 Å². The van der Waals surface area contributed by atoms with Crippen molar-refractivity contribution in [1.82, 2.24) is 15.2 Å². The molecule has 0 amide bonds. The summed E-state index contributed by atoms with van der Waals surface area (Å²) < 4.78 is 2.77. The van der Waals surface area contributed by atoms with Crippen LogP contribution in [0.25, 0.3) is 0 Å². The molecule has 1 aromatic heterocycles. The maximum atomic E-state index is 5.71. The minimum absolute atomic E-state index is 0.0810. The first kappa shape index (κ1) is 14.6. The summed E-state index contributed by atoms with van der Waals surface area (Å²) >= 11 is 5.34. The third-order valence-corrected chi connectivity index (χ3v) is 4.41. The zero-order valence-corrected chi connectivity index (χ0v) is 13.3. The number of hydrazine groups is 1. The van der Waals surface area contributed by atoms with E-state index in [1.807, 2.05) is 23.5 Å². The Bertz CT molecular complexity index is 519. The van der Waals surface area contributed by atoms with Gasteiger partial charge in [0.2, 0.25) is 0 Å². The number of halogens is 1. The Kier molecular flexibility index (Phi) is 5.04. The third kappa shape index (κ3) is 3.20. The van der Waals surface area contributed by atoms with E-state index in [1.54, 1.807) is 6.20 Å². The van der Waals surface area contributed by atoms with Gasteiger partial charge in [-0.1, -0.05) is 19.1 Å². The van der Waals surface area contributed by atoms with E-state index >= 15 is 0 Å². The molecular formula is C13H17BrN4S. The lowest BCUT2D eigenvalue weighted by atomic mass is 10.0. The Balaban J connectivity index is 2.32. The van der Waals surface area contributed by atoms with Gasteiger partial charge >= 0.3 is 0 Å². The van der Waals surface area contributed by atoms with Gasteiger partial charge in [-0.05, 0) is 39.4 Å². The maximum absolute atomic E-state index is 5.71. The van der Waals surface area contributed by atoms with Crippen LogP contribution in [-0.2, 0) is 7.05 Å². The van der Waals surface area contributed by atoms with Gasteiger partial charge in [-0.15, -0.1) is 11.8 Å². The average Bonchev–Trinajstić information content (AvgIpc) is 2.74. The zero-order chi connectivity index (χ0) is 13.8. The molecule has 0 saturated heterocycles. The van der Waals surface area contributed by atoms with Crippen LogP contribution < -0.4 is 11.3 Å². The molecule has 6 heteroatoms. The van der Waals surface area contributed by atoms with Gasteiger partial charge < -0.3 is 0 Å². The standard InChI is InChI=1S/C13H17BrN4S/c1-3-19-10-6-4-9(5-7-10)12(17-15)13-11(14)8-16-18(13)2/h4-8,12,17H,3,15H2,1-2H3. The van der Waals surface area contributed by atoms with Crippen molar-refractivity contribution in [3.63, 3.8) is 0 Å². The smallest absolute Gasteiger partial charge is 0.0889 e. The predicted molar refractivity (Wildman–Crippen MR) is 82.9 cm³/mol. The number of aryl methyl sites for hydroxylation is 1. The highest BCUT2D eigenvalue weighted by Gasteiger charge is 2.19. The van der Waals surface area contributed by atoms with Crippen LogP contribution in [0.15, 0.2) is 39.8 Å². The number of aromatic nitrogens is 2. The number of nitrogens with one attached hydrogen (secondary N) is 1. The summed E-state index contributed by atoms with van der Waals surface area (Å²) in [5.41, 5.74) is 4.99. The van der Waals surface area contributed by atoms with Gasteiger partial charge in [0.1, 0.15) is 0 Å². The second-order valence-corrected chi connectivity index (χ2v) is 6.29. The van der Waals surface area contributed by atoms with E-state index in [0.717, 1.165) is 21.5 Å². The average molecular weight is 341 g/mol. The molecule has 0 aliphatic carbocycles. The van der Waals surface area contributed by atoms with Crippen molar-refractivity contribution >= 4 is 27.7 Å². The number of hydrogen-bond donors (Lipinski definition) is 2. The molecule has 1 atom stereocenters. The fourth-order valence-electron chi connectivity index (χ4n) is 2.00. The third-order valence-electron chi connectivity index (χ3n) is 2.90. The summed E-state index contributed by atoms with van der Waals surface area (Å²) in [7, 11) is 1.91. The van der Waals surface area contributed by atoms with Crippen LogP contribution in [0.5, 0.6) is 0 Å². The fourth-order valence-corrected chi connectivity index (χ4v) is 3.24. The summed E-state index contributed by atoms with van der Waals surface area (Å²) in [6, 6.07) is 8.36. The Labute approximate surface area is 125 Å². The molecule has 2 aromatic rings. The van der Waals surface area contributed by atoms with Crippen LogP contribution in [0.2, 0.25) is 0 Å². The van der Waals surface area contributed by atoms with Crippen molar-refractivity contribution in [2.24, 2.45) is 12.9 Å². The number of thioether (sulfide) groups is 1. The summed E-state index contributed by atoms with van der Waals surface area (Å²) in [6.07, 6.45) is 1.78. The fraction of sp³-hybridized carbons (Fsp3) is 0.308. The second-order valence-electron chi connectivity index (χ2n) is 4.10. The van der Waals surface area contributed by atoms with Crippen LogP contribution in [0, 0.1) is 0 Å². The molecule has 4 nitrogen and oxygen atoms in total. The number of hydrogen-bond acceptors (Lipinski definition) is 4. The molecule has 0 aliphatic rings. The monoisotopic (exact) mass is 340 g/mol. The molecule has 2 rings (SSSR count). The highest BCUT2D eigenvalue weighted by molar-refractivity contribution is 9.10. The predicted octanol–water partition coefficient (Wildman–Crippen LogP) is 2.85. The van der Waals surface area contributed by atoms with Crippen LogP contribution >= 0.6 is 27.7 Å². The molecular weight excluding hydrogens is 324 g/mol. The maximum Gasteiger partial charge on any atom is 0.0889 e. The Morgan fingerprint density at radius 1 is 1.42 bits per heavy atom. The van der Waals surface area contributed by atoms with Gasteiger partial charge in [0, 0.05) is 11.9 Å². The van der Waals surface area contributed by atoms with E-state index in [2.05, 4.69) is 57.6 Å². The molecule has 0 aliphatic heterocycles. The number of benzene rings is 1. The van der Waals surface area contributed by atoms with Gasteiger partial charge in [0.15, 0.2) is 0 Å². The van der Waals surface area contributed by atoms with Crippen molar-refractivity contribution in [2.75, 3.05) is 5.75 Å². The number of rotatable bonds is 5. The summed E-state index contributed by atoms with van der Waals surface area (Å²) in [4.78, 5) is 1.27. The lowest BCUT2D eigenvalue weighted by molar-refractivity contribution is 0.573. The quantitative estimate of drug-likeness (QED) is 0.499. The van der Waals surface area contributed by atoms with Crippen LogP contribution in [-0.4, -0.2) is 15.5 Å². The molecule has 3 N–H and O–H groups in total. The lowest BCUT2D eigenvalue weighted by Gasteiger charge is -2.17. The number of nitrogens with two attached hydrogens (primary N) is 1. The lowest BCUT2D eigenvalue weighted by Crippen LogP contribution is -2.30. The minimum atomic E-state index is -0.0810. The largest absolute Gasteiger partial charge is 0.271 e.